The summed E-state index contributed by atoms with van der Waals surface area (Å²) in [7, 11) is 4.32. The summed E-state index contributed by atoms with van der Waals surface area (Å²) in [5.41, 5.74) is -0.342. The number of halogens is 1. The van der Waals surface area contributed by atoms with E-state index in [2.05, 4.69) is 19.1 Å². The lowest BCUT2D eigenvalue weighted by Crippen LogP contribution is -3.00. The minimum absolute atomic E-state index is 0. The van der Waals surface area contributed by atoms with E-state index in [9.17, 15) is 10.2 Å². The summed E-state index contributed by atoms with van der Waals surface area (Å²) >= 11 is 0. The maximum atomic E-state index is 12.0. The first-order valence-corrected chi connectivity index (χ1v) is 12.3. The smallest absolute Gasteiger partial charge is 0.231 e. The van der Waals surface area contributed by atoms with Crippen LogP contribution in [0.15, 0.2) is 65.2 Å². The van der Waals surface area contributed by atoms with Crippen LogP contribution in [0.25, 0.3) is 0 Å². The molecule has 1 fully saturated rings. The topological polar surface area (TPSA) is 75.7 Å². The Morgan fingerprint density at radius 2 is 1.71 bits per heavy atom. The molecular formula is C28H37ClN2O4. The molecule has 6 nitrogen and oxygen atoms in total. The van der Waals surface area contributed by atoms with Crippen molar-refractivity contribution in [3.63, 3.8) is 0 Å². The lowest BCUT2D eigenvalue weighted by atomic mass is 9.73. The highest BCUT2D eigenvalue weighted by molar-refractivity contribution is 5.31. The van der Waals surface area contributed by atoms with E-state index < -0.39 is 5.60 Å². The number of rotatable bonds is 10. The molecule has 1 aromatic heterocycles. The van der Waals surface area contributed by atoms with Crippen LogP contribution >= 0.6 is 0 Å². The van der Waals surface area contributed by atoms with E-state index in [-0.39, 0.29) is 24.1 Å². The van der Waals surface area contributed by atoms with E-state index in [0.717, 1.165) is 60.2 Å². The summed E-state index contributed by atoms with van der Waals surface area (Å²) in [6.07, 6.45) is 8.09. The Morgan fingerprint density at radius 1 is 1.03 bits per heavy atom. The third-order valence-electron chi connectivity index (χ3n) is 6.89. The molecule has 7 heteroatoms. The Labute approximate surface area is 214 Å². The van der Waals surface area contributed by atoms with Gasteiger partial charge in [0.05, 0.1) is 33.4 Å². The molecule has 1 atom stereocenters. The number of phenolic OH excluding ortho intramolecular Hbond substituents is 1. The molecule has 2 aromatic carbocycles. The van der Waals surface area contributed by atoms with Crippen LogP contribution < -0.4 is 17.1 Å². The maximum absolute atomic E-state index is 12.0. The normalized spacial score (nSPS) is 16.3. The van der Waals surface area contributed by atoms with Crippen molar-refractivity contribution in [1.29, 1.82) is 0 Å². The minimum Gasteiger partial charge on any atom is -1.00 e. The first-order chi connectivity index (χ1) is 16.4. The standard InChI is InChI=1S/C28H36N2O4.ClH/c1-30(2,18-9-19-33-25-16-14-24(31)15-17-25)21-26-20-29-27(34-26)28(32,22-10-5-3-6-11-22)23-12-7-4-8-13-23;/h3,5-6,10-11,14-17,20,23,32H,4,7-9,12-13,18-19,21H2,1-2H3;1H/t28-;/m0./s1. The Kier molecular flexibility index (Phi) is 9.22. The van der Waals surface area contributed by atoms with Crippen LogP contribution in [0, 0.1) is 5.92 Å². The van der Waals surface area contributed by atoms with Crippen molar-refractivity contribution < 1.29 is 36.3 Å². The molecular weight excluding hydrogens is 464 g/mol. The summed E-state index contributed by atoms with van der Waals surface area (Å²) < 4.78 is 12.8. The Balaban J connectivity index is 0.00000342. The second-order valence-electron chi connectivity index (χ2n) is 10.1. The van der Waals surface area contributed by atoms with Crippen LogP contribution in [0.3, 0.4) is 0 Å². The molecule has 4 rings (SSSR count). The van der Waals surface area contributed by atoms with Gasteiger partial charge in [0, 0.05) is 12.3 Å². The lowest BCUT2D eigenvalue weighted by molar-refractivity contribution is -0.904. The van der Waals surface area contributed by atoms with Gasteiger partial charge in [-0.3, -0.25) is 0 Å². The third kappa shape index (κ3) is 6.78. The Hall–Kier alpha value is -2.54. The zero-order valence-electron chi connectivity index (χ0n) is 20.7. The highest BCUT2D eigenvalue weighted by atomic mass is 35.5. The van der Waals surface area contributed by atoms with Gasteiger partial charge in [0.25, 0.3) is 0 Å². The molecule has 1 aliphatic carbocycles. The SMILES string of the molecule is C[N+](C)(CCCOc1ccc(O)cc1)Cc1cnc([C@](O)(c2ccccc2)C2CCCCC2)o1.[Cl-]. The van der Waals surface area contributed by atoms with Crippen molar-refractivity contribution in [3.8, 4) is 11.5 Å². The van der Waals surface area contributed by atoms with Gasteiger partial charge in [-0.2, -0.15) is 0 Å². The average molecular weight is 501 g/mol. The monoisotopic (exact) mass is 500 g/mol. The van der Waals surface area contributed by atoms with E-state index in [4.69, 9.17) is 9.15 Å². The second kappa shape index (κ2) is 11.9. The van der Waals surface area contributed by atoms with Crippen LogP contribution in [0.1, 0.15) is 55.7 Å². The number of hydrogen-bond donors (Lipinski definition) is 2. The van der Waals surface area contributed by atoms with Crippen LogP contribution in [0.4, 0.5) is 0 Å². The van der Waals surface area contributed by atoms with Crippen molar-refractivity contribution in [2.75, 3.05) is 27.2 Å². The lowest BCUT2D eigenvalue weighted by Gasteiger charge is -2.36. The molecule has 190 valence electrons. The Bertz CT molecular complexity index is 1030. The molecule has 35 heavy (non-hydrogen) atoms. The van der Waals surface area contributed by atoms with Crippen molar-refractivity contribution in [2.24, 2.45) is 5.92 Å². The maximum Gasteiger partial charge on any atom is 0.231 e. The molecule has 1 heterocycles. The number of aromatic hydroxyl groups is 1. The third-order valence-corrected chi connectivity index (χ3v) is 6.89. The van der Waals surface area contributed by atoms with Gasteiger partial charge in [-0.15, -0.1) is 0 Å². The highest BCUT2D eigenvalue weighted by Gasteiger charge is 2.44. The molecule has 1 aliphatic rings. The number of hydrogen-bond acceptors (Lipinski definition) is 5. The summed E-state index contributed by atoms with van der Waals surface area (Å²) in [6, 6.07) is 16.6. The van der Waals surface area contributed by atoms with E-state index in [1.54, 1.807) is 30.5 Å². The Morgan fingerprint density at radius 3 is 2.40 bits per heavy atom. The van der Waals surface area contributed by atoms with Gasteiger partial charge in [-0.1, -0.05) is 49.6 Å². The number of benzene rings is 2. The van der Waals surface area contributed by atoms with E-state index in [1.165, 1.54) is 6.42 Å². The summed E-state index contributed by atoms with van der Waals surface area (Å²) in [4.78, 5) is 4.60. The van der Waals surface area contributed by atoms with Crippen molar-refractivity contribution in [1.82, 2.24) is 4.98 Å². The summed E-state index contributed by atoms with van der Waals surface area (Å²) in [6.45, 7) is 2.19. The average Bonchev–Trinajstić information content (AvgIpc) is 3.32. The van der Waals surface area contributed by atoms with Gasteiger partial charge in [0.2, 0.25) is 5.89 Å². The molecule has 3 aromatic rings. The highest BCUT2D eigenvalue weighted by Crippen LogP contribution is 2.43. The van der Waals surface area contributed by atoms with Gasteiger partial charge in [-0.25, -0.2) is 4.98 Å². The summed E-state index contributed by atoms with van der Waals surface area (Å²) in [5, 5.41) is 21.4. The molecule has 0 spiro atoms. The van der Waals surface area contributed by atoms with Crippen LogP contribution in [0.5, 0.6) is 11.5 Å². The number of ether oxygens (including phenoxy) is 1. The van der Waals surface area contributed by atoms with Crippen LogP contribution in [-0.2, 0) is 12.1 Å². The van der Waals surface area contributed by atoms with E-state index in [0.29, 0.717) is 19.0 Å². The first kappa shape index (κ1) is 27.1. The zero-order valence-corrected chi connectivity index (χ0v) is 21.5. The number of aromatic nitrogens is 1. The van der Waals surface area contributed by atoms with Crippen LogP contribution in [0.2, 0.25) is 0 Å². The van der Waals surface area contributed by atoms with Crippen molar-refractivity contribution >= 4 is 0 Å². The minimum atomic E-state index is -1.20. The predicted molar refractivity (Wildman–Crippen MR) is 131 cm³/mol. The molecule has 0 bridgehead atoms. The van der Waals surface area contributed by atoms with Crippen LogP contribution in [-0.4, -0.2) is 46.9 Å². The molecule has 0 unspecified atom stereocenters. The fourth-order valence-electron chi connectivity index (χ4n) is 5.03. The van der Waals surface area contributed by atoms with E-state index in [1.807, 2.05) is 30.3 Å². The van der Waals surface area contributed by atoms with Gasteiger partial charge in [0.1, 0.15) is 18.0 Å². The van der Waals surface area contributed by atoms with Gasteiger partial charge < -0.3 is 36.3 Å². The number of oxazole rings is 1. The second-order valence-corrected chi connectivity index (χ2v) is 10.1. The van der Waals surface area contributed by atoms with Crippen molar-refractivity contribution in [3.05, 3.63) is 78.0 Å². The molecule has 2 N–H and O–H groups in total. The largest absolute Gasteiger partial charge is 1.00 e. The molecule has 0 saturated heterocycles. The number of quaternary nitrogens is 1. The van der Waals surface area contributed by atoms with Crippen molar-refractivity contribution in [2.45, 2.75) is 50.7 Å². The number of aliphatic hydroxyl groups is 1. The van der Waals surface area contributed by atoms with Gasteiger partial charge in [0.15, 0.2) is 11.4 Å². The first-order valence-electron chi connectivity index (χ1n) is 12.3. The predicted octanol–water partition coefficient (Wildman–Crippen LogP) is 2.25. The molecule has 1 saturated carbocycles. The molecule has 0 radical (unpaired) electrons. The fraction of sp³-hybridized carbons (Fsp3) is 0.464. The van der Waals surface area contributed by atoms with E-state index >= 15 is 0 Å². The van der Waals surface area contributed by atoms with Gasteiger partial charge in [-0.05, 0) is 42.7 Å². The van der Waals surface area contributed by atoms with Gasteiger partial charge >= 0.3 is 0 Å². The number of phenols is 1. The number of nitrogens with zero attached hydrogens (tertiary/aromatic N) is 2. The quantitative estimate of drug-likeness (QED) is 0.330. The fourth-order valence-corrected chi connectivity index (χ4v) is 5.03. The molecule has 0 amide bonds. The molecule has 0 aliphatic heterocycles. The summed E-state index contributed by atoms with van der Waals surface area (Å²) in [5.74, 6) is 2.29. The zero-order chi connectivity index (χ0) is 24.0.